The van der Waals surface area contributed by atoms with E-state index in [9.17, 15) is 4.39 Å². The second kappa shape index (κ2) is 4.94. The molecule has 0 aliphatic heterocycles. The van der Waals surface area contributed by atoms with Gasteiger partial charge in [0.2, 0.25) is 5.95 Å². The van der Waals surface area contributed by atoms with Gasteiger partial charge in [-0.3, -0.25) is 0 Å². The molecule has 2 aromatic carbocycles. The normalized spacial score (nSPS) is 10.7. The van der Waals surface area contributed by atoms with Crippen LogP contribution in [0.3, 0.4) is 0 Å². The van der Waals surface area contributed by atoms with Crippen LogP contribution in [0.25, 0.3) is 17.1 Å². The molecule has 0 fully saturated rings. The number of aromatic nitrogens is 3. The van der Waals surface area contributed by atoms with Crippen LogP contribution in [-0.4, -0.2) is 14.8 Å². The molecule has 0 aliphatic carbocycles. The summed E-state index contributed by atoms with van der Waals surface area (Å²) >= 11 is 5.87. The molecule has 0 saturated heterocycles. The summed E-state index contributed by atoms with van der Waals surface area (Å²) < 4.78 is 14.6. The van der Waals surface area contributed by atoms with Gasteiger partial charge < -0.3 is 5.73 Å². The van der Waals surface area contributed by atoms with Crippen molar-refractivity contribution in [2.75, 3.05) is 5.73 Å². The summed E-state index contributed by atoms with van der Waals surface area (Å²) in [5.74, 6) is 0.392. The molecule has 2 N–H and O–H groups in total. The molecule has 0 aliphatic rings. The predicted octanol–water partition coefficient (Wildman–Crippen LogP) is 3.31. The van der Waals surface area contributed by atoms with Gasteiger partial charge in [-0.1, -0.05) is 11.6 Å². The van der Waals surface area contributed by atoms with Crippen molar-refractivity contribution in [2.45, 2.75) is 0 Å². The maximum atomic E-state index is 13.0. The first-order chi connectivity index (χ1) is 9.63. The van der Waals surface area contributed by atoms with Gasteiger partial charge in [-0.25, -0.2) is 9.07 Å². The molecule has 3 aromatic rings. The number of benzene rings is 2. The van der Waals surface area contributed by atoms with Crippen molar-refractivity contribution >= 4 is 17.5 Å². The van der Waals surface area contributed by atoms with E-state index >= 15 is 0 Å². The lowest BCUT2D eigenvalue weighted by Crippen LogP contribution is -1.99. The Morgan fingerprint density at radius 3 is 2.30 bits per heavy atom. The molecular formula is C14H10ClFN4. The number of hydrogen-bond donors (Lipinski definition) is 1. The molecule has 3 rings (SSSR count). The van der Waals surface area contributed by atoms with Crippen LogP contribution in [0, 0.1) is 5.82 Å². The number of nitrogens with two attached hydrogens (primary N) is 1. The van der Waals surface area contributed by atoms with E-state index in [2.05, 4.69) is 10.1 Å². The topological polar surface area (TPSA) is 56.7 Å². The second-order valence-electron chi connectivity index (χ2n) is 4.19. The van der Waals surface area contributed by atoms with E-state index in [0.29, 0.717) is 10.8 Å². The van der Waals surface area contributed by atoms with Crippen molar-refractivity contribution in [3.05, 3.63) is 59.4 Å². The molecule has 0 atom stereocenters. The number of hydrogen-bond acceptors (Lipinski definition) is 3. The maximum absolute atomic E-state index is 13.0. The van der Waals surface area contributed by atoms with E-state index in [1.807, 2.05) is 12.1 Å². The van der Waals surface area contributed by atoms with Crippen LogP contribution < -0.4 is 5.73 Å². The Labute approximate surface area is 119 Å². The molecule has 0 bridgehead atoms. The summed E-state index contributed by atoms with van der Waals surface area (Å²) in [4.78, 5) is 4.18. The Bertz CT molecular complexity index is 672. The van der Waals surface area contributed by atoms with E-state index in [4.69, 9.17) is 17.3 Å². The molecule has 1 heterocycles. The van der Waals surface area contributed by atoms with Gasteiger partial charge in [0, 0.05) is 10.6 Å². The van der Waals surface area contributed by atoms with Gasteiger partial charge >= 0.3 is 0 Å². The molecule has 4 nitrogen and oxygen atoms in total. The van der Waals surface area contributed by atoms with Gasteiger partial charge in [-0.2, -0.15) is 4.98 Å². The monoisotopic (exact) mass is 288 g/mol. The lowest BCUT2D eigenvalue weighted by atomic mass is 10.2. The fraction of sp³-hybridized carbons (Fsp3) is 0. The first kappa shape index (κ1) is 12.6. The summed E-state index contributed by atoms with van der Waals surface area (Å²) in [5.41, 5.74) is 7.17. The smallest absolute Gasteiger partial charge is 0.240 e. The third-order valence-corrected chi connectivity index (χ3v) is 3.05. The van der Waals surface area contributed by atoms with Gasteiger partial charge in [0.1, 0.15) is 5.82 Å². The van der Waals surface area contributed by atoms with E-state index in [1.54, 1.807) is 28.9 Å². The van der Waals surface area contributed by atoms with Crippen LogP contribution in [0.5, 0.6) is 0 Å². The van der Waals surface area contributed by atoms with Crippen LogP contribution in [0.15, 0.2) is 48.5 Å². The number of nitrogen functional groups attached to an aromatic ring is 1. The minimum atomic E-state index is -0.306. The van der Waals surface area contributed by atoms with Crippen molar-refractivity contribution in [3.8, 4) is 17.1 Å². The molecular weight excluding hydrogens is 279 g/mol. The zero-order valence-corrected chi connectivity index (χ0v) is 11.0. The fourth-order valence-electron chi connectivity index (χ4n) is 1.88. The Hall–Kier alpha value is -2.40. The van der Waals surface area contributed by atoms with Crippen molar-refractivity contribution in [3.63, 3.8) is 0 Å². The fourth-order valence-corrected chi connectivity index (χ4v) is 2.00. The number of halogens is 2. The number of rotatable bonds is 2. The van der Waals surface area contributed by atoms with Gasteiger partial charge in [0.15, 0.2) is 5.82 Å². The van der Waals surface area contributed by atoms with Gasteiger partial charge in [-0.05, 0) is 48.5 Å². The molecule has 6 heteroatoms. The molecule has 0 amide bonds. The molecule has 100 valence electrons. The lowest BCUT2D eigenvalue weighted by Gasteiger charge is -2.05. The molecule has 0 unspecified atom stereocenters. The lowest BCUT2D eigenvalue weighted by molar-refractivity contribution is 0.628. The summed E-state index contributed by atoms with van der Waals surface area (Å²) in [6, 6.07) is 13.1. The van der Waals surface area contributed by atoms with Gasteiger partial charge in [0.05, 0.1) is 5.69 Å². The average molecular weight is 289 g/mol. The Balaban J connectivity index is 2.12. The quantitative estimate of drug-likeness (QED) is 0.787. The molecule has 20 heavy (non-hydrogen) atoms. The Morgan fingerprint density at radius 1 is 1.00 bits per heavy atom. The minimum absolute atomic E-state index is 0.152. The zero-order chi connectivity index (χ0) is 14.1. The van der Waals surface area contributed by atoms with Gasteiger partial charge in [0.25, 0.3) is 0 Å². The van der Waals surface area contributed by atoms with Crippen LogP contribution in [-0.2, 0) is 0 Å². The molecule has 0 radical (unpaired) electrons. The summed E-state index contributed by atoms with van der Waals surface area (Å²) in [6.07, 6.45) is 0. The molecule has 0 saturated carbocycles. The van der Waals surface area contributed by atoms with Crippen LogP contribution in [0.4, 0.5) is 10.3 Å². The second-order valence-corrected chi connectivity index (χ2v) is 4.63. The highest BCUT2D eigenvalue weighted by atomic mass is 35.5. The SMILES string of the molecule is Nc1nc(-c2ccc(F)cc2)n(-c2ccc(Cl)cc2)n1. The minimum Gasteiger partial charge on any atom is -0.366 e. The van der Waals surface area contributed by atoms with Crippen LogP contribution in [0.2, 0.25) is 5.02 Å². The van der Waals surface area contributed by atoms with E-state index < -0.39 is 0 Å². The zero-order valence-electron chi connectivity index (χ0n) is 10.3. The summed E-state index contributed by atoms with van der Waals surface area (Å²) in [7, 11) is 0. The highest BCUT2D eigenvalue weighted by Gasteiger charge is 2.12. The van der Waals surface area contributed by atoms with Crippen molar-refractivity contribution in [1.29, 1.82) is 0 Å². The molecule has 0 spiro atoms. The van der Waals surface area contributed by atoms with Crippen LogP contribution >= 0.6 is 11.6 Å². The van der Waals surface area contributed by atoms with E-state index in [1.165, 1.54) is 12.1 Å². The first-order valence-corrected chi connectivity index (χ1v) is 6.26. The van der Waals surface area contributed by atoms with Crippen LogP contribution in [0.1, 0.15) is 0 Å². The maximum Gasteiger partial charge on any atom is 0.240 e. The number of anilines is 1. The van der Waals surface area contributed by atoms with Crippen molar-refractivity contribution in [1.82, 2.24) is 14.8 Å². The predicted molar refractivity (Wildman–Crippen MR) is 76.2 cm³/mol. The van der Waals surface area contributed by atoms with Gasteiger partial charge in [-0.15, -0.1) is 5.10 Å². The summed E-state index contributed by atoms with van der Waals surface area (Å²) in [5, 5.41) is 4.79. The molecule has 1 aromatic heterocycles. The van der Waals surface area contributed by atoms with Crippen molar-refractivity contribution in [2.24, 2.45) is 0 Å². The Kier molecular flexibility index (Phi) is 3.12. The summed E-state index contributed by atoms with van der Waals surface area (Å²) in [6.45, 7) is 0. The Morgan fingerprint density at radius 2 is 1.65 bits per heavy atom. The average Bonchev–Trinajstić information content (AvgIpc) is 2.82. The third-order valence-electron chi connectivity index (χ3n) is 2.80. The third kappa shape index (κ3) is 2.35. The number of nitrogens with zero attached hydrogens (tertiary/aromatic N) is 3. The van der Waals surface area contributed by atoms with Crippen molar-refractivity contribution < 1.29 is 4.39 Å². The highest BCUT2D eigenvalue weighted by Crippen LogP contribution is 2.23. The van der Waals surface area contributed by atoms with E-state index in [-0.39, 0.29) is 11.8 Å². The van der Waals surface area contributed by atoms with E-state index in [0.717, 1.165) is 11.3 Å². The standard InChI is InChI=1S/C14H10ClFN4/c15-10-3-7-12(8-4-10)20-13(18-14(17)19-20)9-1-5-11(16)6-2-9/h1-8H,(H2,17,19). The largest absolute Gasteiger partial charge is 0.366 e. The highest BCUT2D eigenvalue weighted by molar-refractivity contribution is 6.30. The first-order valence-electron chi connectivity index (χ1n) is 5.88.